The van der Waals surface area contributed by atoms with Gasteiger partial charge in [0.2, 0.25) is 0 Å². The third-order valence-electron chi connectivity index (χ3n) is 5.18. The Morgan fingerprint density at radius 3 is 2.84 bits per heavy atom. The monoisotopic (exact) mass is 463 g/mol. The fraction of sp³-hybridized carbons (Fsp3) is 0.364. The van der Waals surface area contributed by atoms with E-state index in [1.807, 2.05) is 18.2 Å². The lowest BCUT2D eigenvalue weighted by atomic mass is 10.2. The van der Waals surface area contributed by atoms with Gasteiger partial charge in [0.25, 0.3) is 5.91 Å². The molecule has 9 heteroatoms. The second-order valence-corrected chi connectivity index (χ2v) is 8.63. The fourth-order valence-corrected chi connectivity index (χ4v) is 4.77. The summed E-state index contributed by atoms with van der Waals surface area (Å²) in [6.45, 7) is 4.56. The van der Waals surface area contributed by atoms with Crippen molar-refractivity contribution in [3.63, 3.8) is 0 Å². The molecule has 1 aromatic heterocycles. The number of nitrogens with zero attached hydrogens (tertiary/aromatic N) is 3. The first-order valence-electron chi connectivity index (χ1n) is 10.1. The van der Waals surface area contributed by atoms with Gasteiger partial charge in [-0.15, -0.1) is 0 Å². The van der Waals surface area contributed by atoms with Gasteiger partial charge in [0, 0.05) is 26.2 Å². The van der Waals surface area contributed by atoms with E-state index in [2.05, 4.69) is 9.88 Å². The fourth-order valence-electron chi connectivity index (χ4n) is 3.50. The molecule has 0 unspecified atom stereocenters. The molecule has 31 heavy (non-hydrogen) atoms. The molecule has 0 bridgehead atoms. The number of aromatic nitrogens is 1. The van der Waals surface area contributed by atoms with Gasteiger partial charge < -0.3 is 9.47 Å². The number of amides is 1. The average Bonchev–Trinajstić information content (AvgIpc) is 3.20. The van der Waals surface area contributed by atoms with Gasteiger partial charge in [0.15, 0.2) is 5.13 Å². The predicted octanol–water partition coefficient (Wildman–Crippen LogP) is 4.47. The van der Waals surface area contributed by atoms with Crippen molar-refractivity contribution < 1.29 is 18.7 Å². The van der Waals surface area contributed by atoms with Gasteiger partial charge in [-0.05, 0) is 42.8 Å². The van der Waals surface area contributed by atoms with E-state index in [4.69, 9.17) is 21.1 Å². The van der Waals surface area contributed by atoms with E-state index in [1.54, 1.807) is 12.0 Å². The van der Waals surface area contributed by atoms with Crippen molar-refractivity contribution in [1.82, 2.24) is 9.88 Å². The molecular weight excluding hydrogens is 441 g/mol. The molecule has 0 atom stereocenters. The number of carbonyl (C=O) groups is 1. The number of fused-ring (bicyclic) bond motifs is 1. The smallest absolute Gasteiger partial charge is 0.261 e. The van der Waals surface area contributed by atoms with Gasteiger partial charge in [-0.2, -0.15) is 0 Å². The standard InChI is InChI=1S/C22H23ClFN3O3S/c1-29-16-4-6-19-20(14-16)31-22(25-19)27(8-2-7-26-9-11-30-12-10-26)21(28)17-5-3-15(24)13-18(17)23/h3-6,13-14H,2,7-12H2,1H3. The lowest BCUT2D eigenvalue weighted by molar-refractivity contribution is 0.0376. The summed E-state index contributed by atoms with van der Waals surface area (Å²) in [7, 11) is 1.61. The van der Waals surface area contributed by atoms with E-state index < -0.39 is 5.82 Å². The van der Waals surface area contributed by atoms with Crippen LogP contribution < -0.4 is 9.64 Å². The van der Waals surface area contributed by atoms with Gasteiger partial charge >= 0.3 is 0 Å². The number of carbonyl (C=O) groups excluding carboxylic acids is 1. The zero-order valence-electron chi connectivity index (χ0n) is 17.1. The Morgan fingerprint density at radius 2 is 2.10 bits per heavy atom. The number of ether oxygens (including phenoxy) is 2. The number of hydrogen-bond acceptors (Lipinski definition) is 6. The number of anilines is 1. The van der Waals surface area contributed by atoms with Crippen molar-refractivity contribution in [3.05, 3.63) is 52.8 Å². The molecule has 1 amide bonds. The highest BCUT2D eigenvalue weighted by atomic mass is 35.5. The Kier molecular flexibility index (Phi) is 7.02. The highest BCUT2D eigenvalue weighted by Crippen LogP contribution is 2.33. The molecule has 3 aromatic rings. The minimum atomic E-state index is -0.479. The first-order valence-corrected chi connectivity index (χ1v) is 11.3. The van der Waals surface area contributed by atoms with Crippen LogP contribution in [-0.4, -0.2) is 62.3 Å². The maximum Gasteiger partial charge on any atom is 0.261 e. The summed E-state index contributed by atoms with van der Waals surface area (Å²) in [5.74, 6) is -0.0417. The lowest BCUT2D eigenvalue weighted by Crippen LogP contribution is -2.39. The van der Waals surface area contributed by atoms with Crippen molar-refractivity contribution in [3.8, 4) is 5.75 Å². The van der Waals surface area contributed by atoms with Gasteiger partial charge in [-0.1, -0.05) is 22.9 Å². The Bertz CT molecular complexity index is 1070. The molecule has 1 aliphatic heterocycles. The summed E-state index contributed by atoms with van der Waals surface area (Å²) in [4.78, 5) is 22.0. The number of benzene rings is 2. The van der Waals surface area contributed by atoms with Crippen LogP contribution in [0.3, 0.4) is 0 Å². The van der Waals surface area contributed by atoms with E-state index in [0.29, 0.717) is 11.7 Å². The van der Waals surface area contributed by atoms with Crippen LogP contribution in [0.2, 0.25) is 5.02 Å². The summed E-state index contributed by atoms with van der Waals surface area (Å²) in [5.41, 5.74) is 1.04. The maximum atomic E-state index is 13.5. The molecule has 0 N–H and O–H groups in total. The molecule has 164 valence electrons. The van der Waals surface area contributed by atoms with Crippen LogP contribution in [0, 0.1) is 5.82 Å². The van der Waals surface area contributed by atoms with Crippen LogP contribution in [0.15, 0.2) is 36.4 Å². The van der Waals surface area contributed by atoms with Crippen LogP contribution in [0.5, 0.6) is 5.75 Å². The molecule has 0 radical (unpaired) electrons. The predicted molar refractivity (Wildman–Crippen MR) is 121 cm³/mol. The Balaban J connectivity index is 1.60. The third kappa shape index (κ3) is 5.15. The quantitative estimate of drug-likeness (QED) is 0.517. The zero-order valence-corrected chi connectivity index (χ0v) is 18.7. The van der Waals surface area contributed by atoms with E-state index in [0.717, 1.165) is 61.3 Å². The van der Waals surface area contributed by atoms with Crippen molar-refractivity contribution in [2.75, 3.05) is 51.4 Å². The van der Waals surface area contributed by atoms with Gasteiger partial charge in [0.1, 0.15) is 11.6 Å². The normalized spacial score (nSPS) is 14.7. The van der Waals surface area contributed by atoms with Crippen LogP contribution >= 0.6 is 22.9 Å². The molecule has 1 fully saturated rings. The summed E-state index contributed by atoms with van der Waals surface area (Å²) in [6.07, 6.45) is 0.768. The minimum absolute atomic E-state index is 0.0889. The number of morpholine rings is 1. The topological polar surface area (TPSA) is 54.9 Å². The molecule has 0 saturated carbocycles. The summed E-state index contributed by atoms with van der Waals surface area (Å²) in [6, 6.07) is 9.43. The van der Waals surface area contributed by atoms with E-state index in [-0.39, 0.29) is 16.5 Å². The molecule has 2 aromatic carbocycles. The maximum absolute atomic E-state index is 13.5. The number of methoxy groups -OCH3 is 1. The summed E-state index contributed by atoms with van der Waals surface area (Å²) >= 11 is 7.60. The number of hydrogen-bond donors (Lipinski definition) is 0. The number of halogens is 2. The third-order valence-corrected chi connectivity index (χ3v) is 6.54. The van der Waals surface area contributed by atoms with Crippen LogP contribution in [-0.2, 0) is 4.74 Å². The van der Waals surface area contributed by atoms with Crippen LogP contribution in [0.25, 0.3) is 10.2 Å². The van der Waals surface area contributed by atoms with Crippen LogP contribution in [0.4, 0.5) is 9.52 Å². The zero-order chi connectivity index (χ0) is 21.8. The van der Waals surface area contributed by atoms with E-state index in [1.165, 1.54) is 23.5 Å². The number of thiazole rings is 1. The first kappa shape index (κ1) is 22.0. The molecule has 1 saturated heterocycles. The van der Waals surface area contributed by atoms with Crippen LogP contribution in [0.1, 0.15) is 16.8 Å². The van der Waals surface area contributed by atoms with E-state index in [9.17, 15) is 9.18 Å². The number of rotatable bonds is 7. The van der Waals surface area contributed by atoms with E-state index >= 15 is 0 Å². The largest absolute Gasteiger partial charge is 0.497 e. The summed E-state index contributed by atoms with van der Waals surface area (Å²) in [5, 5.41) is 0.668. The Morgan fingerprint density at radius 1 is 1.29 bits per heavy atom. The molecule has 0 aliphatic carbocycles. The Hall–Kier alpha value is -2.26. The molecular formula is C22H23ClFN3O3S. The molecule has 4 rings (SSSR count). The average molecular weight is 464 g/mol. The summed E-state index contributed by atoms with van der Waals surface area (Å²) < 4.78 is 25.1. The van der Waals surface area contributed by atoms with Crippen molar-refractivity contribution in [1.29, 1.82) is 0 Å². The van der Waals surface area contributed by atoms with Crippen molar-refractivity contribution in [2.45, 2.75) is 6.42 Å². The highest BCUT2D eigenvalue weighted by Gasteiger charge is 2.24. The Labute approximate surface area is 189 Å². The first-order chi connectivity index (χ1) is 15.0. The molecule has 6 nitrogen and oxygen atoms in total. The molecule has 0 spiro atoms. The van der Waals surface area contributed by atoms with Crippen molar-refractivity contribution >= 4 is 44.2 Å². The second-order valence-electron chi connectivity index (χ2n) is 7.22. The van der Waals surface area contributed by atoms with Crippen molar-refractivity contribution in [2.24, 2.45) is 0 Å². The molecule has 2 heterocycles. The lowest BCUT2D eigenvalue weighted by Gasteiger charge is -2.27. The second kappa shape index (κ2) is 9.91. The highest BCUT2D eigenvalue weighted by molar-refractivity contribution is 7.22. The SMILES string of the molecule is COc1ccc2nc(N(CCCN3CCOCC3)C(=O)c3ccc(F)cc3Cl)sc2c1. The minimum Gasteiger partial charge on any atom is -0.497 e. The van der Waals surface area contributed by atoms with Gasteiger partial charge in [-0.3, -0.25) is 14.6 Å². The molecule has 1 aliphatic rings. The van der Waals surface area contributed by atoms with Gasteiger partial charge in [0.05, 0.1) is 41.1 Å². The van der Waals surface area contributed by atoms with Gasteiger partial charge in [-0.25, -0.2) is 9.37 Å².